The van der Waals surface area contributed by atoms with E-state index in [9.17, 15) is 4.79 Å². The summed E-state index contributed by atoms with van der Waals surface area (Å²) in [5, 5.41) is 9.10. The van der Waals surface area contributed by atoms with Crippen molar-refractivity contribution in [1.82, 2.24) is 0 Å². The van der Waals surface area contributed by atoms with Gasteiger partial charge in [0.1, 0.15) is 0 Å². The Morgan fingerprint density at radius 2 is 2.30 bits per heavy atom. The lowest BCUT2D eigenvalue weighted by Crippen LogP contribution is -2.49. The monoisotopic (exact) mass is 270 g/mol. The number of rotatable bonds is 2. The lowest BCUT2D eigenvalue weighted by Gasteiger charge is -2.40. The molecule has 2 aliphatic rings. The van der Waals surface area contributed by atoms with Crippen LogP contribution in [0.3, 0.4) is 0 Å². The van der Waals surface area contributed by atoms with E-state index in [2.05, 4.69) is 11.0 Å². The predicted molar refractivity (Wildman–Crippen MR) is 75.9 cm³/mol. The Labute approximate surface area is 118 Å². The van der Waals surface area contributed by atoms with Crippen molar-refractivity contribution < 1.29 is 9.53 Å². The molecule has 0 aromatic heterocycles. The van der Waals surface area contributed by atoms with Crippen molar-refractivity contribution >= 4 is 11.5 Å². The average Bonchev–Trinajstić information content (AvgIpc) is 2.94. The first-order valence-corrected chi connectivity index (χ1v) is 7.14. The van der Waals surface area contributed by atoms with Crippen molar-refractivity contribution in [2.24, 2.45) is 0 Å². The number of carbonyl (C=O) groups excluding carboxylic acids is 1. The maximum absolute atomic E-state index is 11.9. The van der Waals surface area contributed by atoms with Gasteiger partial charge in [-0.05, 0) is 44.4 Å². The summed E-state index contributed by atoms with van der Waals surface area (Å²) in [6, 6.07) is 7.84. The second kappa shape index (κ2) is 5.26. The Balaban J connectivity index is 2.03. The number of ether oxygens (including phenoxy) is 1. The molecule has 4 heteroatoms. The topological polar surface area (TPSA) is 53.3 Å². The number of benzene rings is 1. The zero-order valence-corrected chi connectivity index (χ0v) is 11.6. The van der Waals surface area contributed by atoms with Gasteiger partial charge in [0.2, 0.25) is 0 Å². The first kappa shape index (κ1) is 13.1. The van der Waals surface area contributed by atoms with Gasteiger partial charge in [-0.25, -0.2) is 0 Å². The number of hydrogen-bond donors (Lipinski definition) is 0. The van der Waals surface area contributed by atoms with Gasteiger partial charge in [0, 0.05) is 17.8 Å². The van der Waals surface area contributed by atoms with Crippen LogP contribution >= 0.6 is 0 Å². The first-order valence-electron chi connectivity index (χ1n) is 7.14. The number of fused-ring (bicyclic) bond motifs is 1. The first-order chi connectivity index (χ1) is 9.70. The standard InChI is InChI=1S/C16H18N2O2/c1-11(19)13-6-5-12(10-17)9-15(13)18-7-8-20-16-4-2-3-14(16)18/h5-6,9,14,16H,2-4,7-8H2,1H3. The normalized spacial score (nSPS) is 25.1. The molecule has 1 aromatic rings. The second-order valence-corrected chi connectivity index (χ2v) is 5.50. The number of nitriles is 1. The molecule has 2 unspecified atom stereocenters. The highest BCUT2D eigenvalue weighted by atomic mass is 16.5. The molecule has 1 aliphatic carbocycles. The Hall–Kier alpha value is -1.86. The van der Waals surface area contributed by atoms with Gasteiger partial charge in [0.25, 0.3) is 0 Å². The Morgan fingerprint density at radius 3 is 3.05 bits per heavy atom. The average molecular weight is 270 g/mol. The molecular formula is C16H18N2O2. The molecule has 4 nitrogen and oxygen atoms in total. The largest absolute Gasteiger partial charge is 0.374 e. The number of Topliss-reactive ketones (excluding diaryl/α,β-unsaturated/α-hetero) is 1. The van der Waals surface area contributed by atoms with E-state index in [4.69, 9.17) is 10.00 Å². The number of ketones is 1. The highest BCUT2D eigenvalue weighted by molar-refractivity contribution is 6.00. The van der Waals surface area contributed by atoms with E-state index in [1.807, 2.05) is 6.07 Å². The zero-order valence-electron chi connectivity index (χ0n) is 11.6. The van der Waals surface area contributed by atoms with Crippen LogP contribution in [0.4, 0.5) is 5.69 Å². The molecule has 1 heterocycles. The molecule has 2 fully saturated rings. The molecule has 0 N–H and O–H groups in total. The molecule has 104 valence electrons. The van der Waals surface area contributed by atoms with Crippen LogP contribution in [0.5, 0.6) is 0 Å². The highest BCUT2D eigenvalue weighted by Crippen LogP contribution is 2.35. The van der Waals surface area contributed by atoms with Crippen LogP contribution < -0.4 is 4.90 Å². The molecular weight excluding hydrogens is 252 g/mol. The molecule has 0 radical (unpaired) electrons. The van der Waals surface area contributed by atoms with E-state index < -0.39 is 0 Å². The summed E-state index contributed by atoms with van der Waals surface area (Å²) in [5.41, 5.74) is 2.21. The fourth-order valence-corrected chi connectivity index (χ4v) is 3.36. The summed E-state index contributed by atoms with van der Waals surface area (Å²) in [7, 11) is 0. The van der Waals surface area contributed by atoms with Crippen molar-refractivity contribution in [2.45, 2.75) is 38.3 Å². The quantitative estimate of drug-likeness (QED) is 0.775. The van der Waals surface area contributed by atoms with E-state index in [1.54, 1.807) is 19.1 Å². The highest BCUT2D eigenvalue weighted by Gasteiger charge is 2.37. The Bertz CT molecular complexity index is 576. The maximum Gasteiger partial charge on any atom is 0.161 e. The predicted octanol–water partition coefficient (Wildman–Crippen LogP) is 2.52. The van der Waals surface area contributed by atoms with Gasteiger partial charge in [0.15, 0.2) is 5.78 Å². The molecule has 3 rings (SSSR count). The lowest BCUT2D eigenvalue weighted by atomic mass is 10.0. The van der Waals surface area contributed by atoms with Crippen LogP contribution in [-0.2, 0) is 4.74 Å². The van der Waals surface area contributed by atoms with Gasteiger partial charge in [0.05, 0.1) is 30.4 Å². The van der Waals surface area contributed by atoms with Crippen LogP contribution in [0.2, 0.25) is 0 Å². The molecule has 1 aliphatic heterocycles. The van der Waals surface area contributed by atoms with Crippen molar-refractivity contribution in [3.63, 3.8) is 0 Å². The zero-order chi connectivity index (χ0) is 14.1. The third-order valence-electron chi connectivity index (χ3n) is 4.30. The summed E-state index contributed by atoms with van der Waals surface area (Å²) in [5.74, 6) is 0.0468. The van der Waals surface area contributed by atoms with Gasteiger partial charge >= 0.3 is 0 Å². The fourth-order valence-electron chi connectivity index (χ4n) is 3.36. The number of carbonyl (C=O) groups is 1. The van der Waals surface area contributed by atoms with Crippen LogP contribution in [0.25, 0.3) is 0 Å². The third-order valence-corrected chi connectivity index (χ3v) is 4.30. The third kappa shape index (κ3) is 2.19. The Kier molecular flexibility index (Phi) is 3.45. The molecule has 0 spiro atoms. The summed E-state index contributed by atoms with van der Waals surface area (Å²) >= 11 is 0. The van der Waals surface area contributed by atoms with Crippen LogP contribution in [0, 0.1) is 11.3 Å². The molecule has 1 saturated carbocycles. The van der Waals surface area contributed by atoms with E-state index in [-0.39, 0.29) is 11.9 Å². The van der Waals surface area contributed by atoms with Gasteiger partial charge in [-0.3, -0.25) is 4.79 Å². The number of hydrogen-bond acceptors (Lipinski definition) is 4. The molecule has 0 amide bonds. The number of nitrogens with zero attached hydrogens (tertiary/aromatic N) is 2. The number of morpholine rings is 1. The summed E-state index contributed by atoms with van der Waals surface area (Å²) in [6.45, 7) is 3.06. The molecule has 0 bridgehead atoms. The van der Waals surface area contributed by atoms with E-state index >= 15 is 0 Å². The maximum atomic E-state index is 11.9. The summed E-state index contributed by atoms with van der Waals surface area (Å²) in [6.07, 6.45) is 3.63. The second-order valence-electron chi connectivity index (χ2n) is 5.50. The van der Waals surface area contributed by atoms with E-state index in [1.165, 1.54) is 6.42 Å². The molecule has 1 saturated heterocycles. The van der Waals surface area contributed by atoms with Gasteiger partial charge < -0.3 is 9.64 Å². The smallest absolute Gasteiger partial charge is 0.161 e. The van der Waals surface area contributed by atoms with Gasteiger partial charge in [-0.15, -0.1) is 0 Å². The molecule has 20 heavy (non-hydrogen) atoms. The van der Waals surface area contributed by atoms with E-state index in [0.29, 0.717) is 23.8 Å². The van der Waals surface area contributed by atoms with Crippen molar-refractivity contribution in [3.8, 4) is 6.07 Å². The fraction of sp³-hybridized carbons (Fsp3) is 0.500. The van der Waals surface area contributed by atoms with Crippen LogP contribution in [0.1, 0.15) is 42.1 Å². The summed E-state index contributed by atoms with van der Waals surface area (Å²) in [4.78, 5) is 14.1. The lowest BCUT2D eigenvalue weighted by molar-refractivity contribution is 0.0255. The minimum absolute atomic E-state index is 0.0468. The summed E-state index contributed by atoms with van der Waals surface area (Å²) < 4.78 is 5.82. The number of anilines is 1. The van der Waals surface area contributed by atoms with Crippen LogP contribution in [0.15, 0.2) is 18.2 Å². The van der Waals surface area contributed by atoms with Gasteiger partial charge in [-0.2, -0.15) is 5.26 Å². The Morgan fingerprint density at radius 1 is 1.45 bits per heavy atom. The minimum atomic E-state index is 0.0468. The molecule has 1 aromatic carbocycles. The van der Waals surface area contributed by atoms with E-state index in [0.717, 1.165) is 25.1 Å². The SMILES string of the molecule is CC(=O)c1ccc(C#N)cc1N1CCOC2CCCC21. The van der Waals surface area contributed by atoms with Gasteiger partial charge in [-0.1, -0.05) is 0 Å². The minimum Gasteiger partial charge on any atom is -0.374 e. The van der Waals surface area contributed by atoms with Crippen molar-refractivity contribution in [1.29, 1.82) is 5.26 Å². The van der Waals surface area contributed by atoms with Crippen molar-refractivity contribution in [3.05, 3.63) is 29.3 Å². The molecule has 2 atom stereocenters. The van der Waals surface area contributed by atoms with Crippen molar-refractivity contribution in [2.75, 3.05) is 18.1 Å². The van der Waals surface area contributed by atoms with Crippen LogP contribution in [-0.4, -0.2) is 31.1 Å².